The van der Waals surface area contributed by atoms with Crippen LogP contribution in [0.5, 0.6) is 0 Å². The second-order valence-corrected chi connectivity index (χ2v) is 4.23. The third-order valence-electron chi connectivity index (χ3n) is 2.68. The molecule has 94 valence electrons. The maximum atomic E-state index is 11.9. The molecule has 0 aliphatic carbocycles. The van der Waals surface area contributed by atoms with Crippen LogP contribution < -0.4 is 11.1 Å². The van der Waals surface area contributed by atoms with E-state index in [1.807, 2.05) is 6.92 Å². The zero-order chi connectivity index (χ0) is 12.7. The van der Waals surface area contributed by atoms with Crippen molar-refractivity contribution in [2.75, 3.05) is 6.54 Å². The first kappa shape index (κ1) is 13.6. The Morgan fingerprint density at radius 1 is 1.59 bits per heavy atom. The normalized spacial score (nSPS) is 12.2. The number of aromatic nitrogens is 1. The average Bonchev–Trinajstić information content (AvgIpc) is 2.34. The number of aryl methyl sites for hydroxylation is 1. The van der Waals surface area contributed by atoms with Crippen molar-refractivity contribution in [1.29, 1.82) is 0 Å². The molecule has 3 N–H and O–H groups in total. The highest BCUT2D eigenvalue weighted by Gasteiger charge is 2.11. The Labute approximate surface area is 103 Å². The van der Waals surface area contributed by atoms with Gasteiger partial charge in [-0.05, 0) is 25.5 Å². The highest BCUT2D eigenvalue weighted by Crippen LogP contribution is 2.04. The summed E-state index contributed by atoms with van der Waals surface area (Å²) >= 11 is 0. The number of rotatable bonds is 6. The Hall–Kier alpha value is -1.42. The average molecular weight is 235 g/mol. The Balaban J connectivity index is 2.58. The maximum absolute atomic E-state index is 11.9. The number of nitrogens with one attached hydrogen (secondary N) is 1. The minimum absolute atomic E-state index is 0.0657. The van der Waals surface area contributed by atoms with Gasteiger partial charge in [-0.25, -0.2) is 0 Å². The summed E-state index contributed by atoms with van der Waals surface area (Å²) < 4.78 is 0. The van der Waals surface area contributed by atoms with Gasteiger partial charge in [0.05, 0.1) is 0 Å². The van der Waals surface area contributed by atoms with Gasteiger partial charge in [0.15, 0.2) is 0 Å². The van der Waals surface area contributed by atoms with Gasteiger partial charge in [-0.2, -0.15) is 0 Å². The molecule has 0 radical (unpaired) electrons. The largest absolute Gasteiger partial charge is 0.348 e. The number of hydrogen-bond acceptors (Lipinski definition) is 3. The van der Waals surface area contributed by atoms with Gasteiger partial charge in [-0.3, -0.25) is 9.78 Å². The Morgan fingerprint density at radius 2 is 2.35 bits per heavy atom. The molecule has 0 aliphatic heterocycles. The van der Waals surface area contributed by atoms with E-state index in [0.29, 0.717) is 12.1 Å². The molecule has 1 amide bonds. The fourth-order valence-corrected chi connectivity index (χ4v) is 1.65. The van der Waals surface area contributed by atoms with Crippen LogP contribution in [0.3, 0.4) is 0 Å². The van der Waals surface area contributed by atoms with Gasteiger partial charge in [0.25, 0.3) is 5.91 Å². The minimum atomic E-state index is -0.0675. The van der Waals surface area contributed by atoms with Crippen molar-refractivity contribution < 1.29 is 4.79 Å². The Kier molecular flexibility index (Phi) is 5.63. The van der Waals surface area contributed by atoms with Crippen LogP contribution in [0, 0.1) is 6.92 Å². The fraction of sp³-hybridized carbons (Fsp3) is 0.538. The lowest BCUT2D eigenvalue weighted by Crippen LogP contribution is -2.40. The van der Waals surface area contributed by atoms with Gasteiger partial charge >= 0.3 is 0 Å². The molecular weight excluding hydrogens is 214 g/mol. The monoisotopic (exact) mass is 235 g/mol. The van der Waals surface area contributed by atoms with Crippen LogP contribution in [0.1, 0.15) is 42.2 Å². The lowest BCUT2D eigenvalue weighted by atomic mass is 10.1. The van der Waals surface area contributed by atoms with Crippen LogP contribution in [-0.2, 0) is 0 Å². The lowest BCUT2D eigenvalue weighted by molar-refractivity contribution is 0.0935. The van der Waals surface area contributed by atoms with Crippen LogP contribution in [0.4, 0.5) is 0 Å². The van der Waals surface area contributed by atoms with Gasteiger partial charge < -0.3 is 11.1 Å². The quantitative estimate of drug-likeness (QED) is 0.787. The van der Waals surface area contributed by atoms with Crippen LogP contribution in [-0.4, -0.2) is 23.5 Å². The molecule has 1 unspecified atom stereocenters. The van der Waals surface area contributed by atoms with E-state index >= 15 is 0 Å². The summed E-state index contributed by atoms with van der Waals surface area (Å²) in [5.41, 5.74) is 7.13. The molecule has 0 spiro atoms. The van der Waals surface area contributed by atoms with Crippen molar-refractivity contribution in [2.24, 2.45) is 5.73 Å². The van der Waals surface area contributed by atoms with E-state index in [1.165, 1.54) is 0 Å². The molecule has 0 saturated heterocycles. The van der Waals surface area contributed by atoms with Crippen molar-refractivity contribution in [1.82, 2.24) is 10.3 Å². The van der Waals surface area contributed by atoms with Crippen LogP contribution >= 0.6 is 0 Å². The van der Waals surface area contributed by atoms with Gasteiger partial charge in [0.1, 0.15) is 0 Å². The molecule has 0 aromatic carbocycles. The molecule has 0 aliphatic rings. The first-order chi connectivity index (χ1) is 8.17. The molecule has 1 aromatic rings. The molecule has 1 aromatic heterocycles. The summed E-state index contributed by atoms with van der Waals surface area (Å²) in [6.07, 6.45) is 4.77. The van der Waals surface area contributed by atoms with Crippen LogP contribution in [0.15, 0.2) is 18.3 Å². The summed E-state index contributed by atoms with van der Waals surface area (Å²) in [7, 11) is 0. The highest BCUT2D eigenvalue weighted by atomic mass is 16.1. The first-order valence-electron chi connectivity index (χ1n) is 6.11. The van der Waals surface area contributed by atoms with E-state index in [2.05, 4.69) is 17.2 Å². The number of nitrogens with zero attached hydrogens (tertiary/aromatic N) is 1. The van der Waals surface area contributed by atoms with Crippen molar-refractivity contribution in [3.05, 3.63) is 29.6 Å². The second kappa shape index (κ2) is 7.01. The van der Waals surface area contributed by atoms with Crippen molar-refractivity contribution >= 4 is 5.91 Å². The zero-order valence-electron chi connectivity index (χ0n) is 10.6. The number of amides is 1. The van der Waals surface area contributed by atoms with E-state index in [0.717, 1.165) is 25.0 Å². The summed E-state index contributed by atoms with van der Waals surface area (Å²) in [5.74, 6) is -0.0675. The molecule has 0 saturated carbocycles. The van der Waals surface area contributed by atoms with E-state index in [9.17, 15) is 4.79 Å². The first-order valence-corrected chi connectivity index (χ1v) is 6.11. The summed E-state index contributed by atoms with van der Waals surface area (Å²) in [5, 5.41) is 2.95. The predicted octanol–water partition coefficient (Wildman–Crippen LogP) is 1.64. The van der Waals surface area contributed by atoms with E-state index < -0.39 is 0 Å². The third kappa shape index (κ3) is 4.53. The number of hydrogen-bond donors (Lipinski definition) is 2. The van der Waals surface area contributed by atoms with Crippen LogP contribution in [0.25, 0.3) is 0 Å². The minimum Gasteiger partial charge on any atom is -0.348 e. The van der Waals surface area contributed by atoms with Crippen LogP contribution in [0.2, 0.25) is 0 Å². The van der Waals surface area contributed by atoms with Gasteiger partial charge in [-0.15, -0.1) is 0 Å². The Bertz CT molecular complexity index is 365. The second-order valence-electron chi connectivity index (χ2n) is 4.23. The van der Waals surface area contributed by atoms with E-state index in [-0.39, 0.29) is 11.9 Å². The summed E-state index contributed by atoms with van der Waals surface area (Å²) in [4.78, 5) is 16.0. The number of pyridine rings is 1. The number of nitrogens with two attached hydrogens (primary N) is 1. The molecular formula is C13H21N3O. The molecule has 17 heavy (non-hydrogen) atoms. The summed E-state index contributed by atoms with van der Waals surface area (Å²) in [6, 6.07) is 3.56. The number of unbranched alkanes of at least 4 members (excludes halogenated alkanes) is 1. The molecule has 4 heteroatoms. The SMILES string of the molecule is CCCCC(CN)NC(=O)c1ccnc(C)c1. The lowest BCUT2D eigenvalue weighted by Gasteiger charge is -2.16. The van der Waals surface area contributed by atoms with Crippen molar-refractivity contribution in [3.8, 4) is 0 Å². The molecule has 1 atom stereocenters. The van der Waals surface area contributed by atoms with Crippen molar-refractivity contribution in [2.45, 2.75) is 39.2 Å². The summed E-state index contributed by atoms with van der Waals surface area (Å²) in [6.45, 7) is 4.48. The molecule has 1 rings (SSSR count). The fourth-order valence-electron chi connectivity index (χ4n) is 1.65. The number of carbonyl (C=O) groups is 1. The smallest absolute Gasteiger partial charge is 0.251 e. The van der Waals surface area contributed by atoms with E-state index in [4.69, 9.17) is 5.73 Å². The van der Waals surface area contributed by atoms with Crippen molar-refractivity contribution in [3.63, 3.8) is 0 Å². The van der Waals surface area contributed by atoms with Gasteiger partial charge in [0.2, 0.25) is 0 Å². The predicted molar refractivity (Wildman–Crippen MR) is 68.8 cm³/mol. The van der Waals surface area contributed by atoms with Gasteiger partial charge in [0, 0.05) is 30.0 Å². The molecule has 4 nitrogen and oxygen atoms in total. The van der Waals surface area contributed by atoms with Gasteiger partial charge in [-0.1, -0.05) is 19.8 Å². The standard InChI is InChI=1S/C13H21N3O/c1-3-4-5-12(9-14)16-13(17)11-6-7-15-10(2)8-11/h6-8,12H,3-5,9,14H2,1-2H3,(H,16,17). The molecule has 1 heterocycles. The maximum Gasteiger partial charge on any atom is 0.251 e. The third-order valence-corrected chi connectivity index (χ3v) is 2.68. The Morgan fingerprint density at radius 3 is 2.94 bits per heavy atom. The topological polar surface area (TPSA) is 68.0 Å². The molecule has 0 bridgehead atoms. The highest BCUT2D eigenvalue weighted by molar-refractivity contribution is 5.94. The number of carbonyl (C=O) groups excluding carboxylic acids is 1. The zero-order valence-corrected chi connectivity index (χ0v) is 10.6. The van der Waals surface area contributed by atoms with E-state index in [1.54, 1.807) is 18.3 Å². The molecule has 0 fully saturated rings.